The third-order valence-corrected chi connectivity index (χ3v) is 3.28. The van der Waals surface area contributed by atoms with Gasteiger partial charge in [-0.3, -0.25) is 4.79 Å². The van der Waals surface area contributed by atoms with Crippen LogP contribution in [0, 0.1) is 0 Å². The molecule has 17 heavy (non-hydrogen) atoms. The first-order valence-electron chi connectivity index (χ1n) is 5.85. The van der Waals surface area contributed by atoms with Crippen LogP contribution < -0.4 is 9.80 Å². The zero-order chi connectivity index (χ0) is 12.4. The van der Waals surface area contributed by atoms with Gasteiger partial charge in [-0.05, 0) is 30.2 Å². The summed E-state index contributed by atoms with van der Waals surface area (Å²) in [4.78, 5) is 15.3. The molecule has 1 aromatic rings. The summed E-state index contributed by atoms with van der Waals surface area (Å²) in [5.74, 6) is 0.175. The highest BCUT2D eigenvalue weighted by Gasteiger charge is 2.21. The quantitative estimate of drug-likeness (QED) is 0.849. The van der Waals surface area contributed by atoms with E-state index in [1.165, 1.54) is 5.56 Å². The molecule has 0 saturated carbocycles. The molecule has 0 atom stereocenters. The standard InChI is InChI=1S/C13H18N2O2/c1-14(7-8-16)11-4-5-12-10(9-11)3-6-13(17)15(12)2/h4-5,9,16H,3,6-8H2,1-2H3. The Bertz CT molecular complexity index is 431. The first-order valence-corrected chi connectivity index (χ1v) is 5.85. The van der Waals surface area contributed by atoms with Crippen LogP contribution in [0.5, 0.6) is 0 Å². The summed E-state index contributed by atoms with van der Waals surface area (Å²) in [6.45, 7) is 0.763. The van der Waals surface area contributed by atoms with Crippen LogP contribution in [0.2, 0.25) is 0 Å². The van der Waals surface area contributed by atoms with Crippen molar-refractivity contribution in [3.8, 4) is 0 Å². The van der Waals surface area contributed by atoms with Crippen molar-refractivity contribution >= 4 is 17.3 Å². The van der Waals surface area contributed by atoms with Gasteiger partial charge in [0.2, 0.25) is 5.91 Å². The summed E-state index contributed by atoms with van der Waals surface area (Å²) in [6.07, 6.45) is 1.38. The number of aliphatic hydroxyl groups excluding tert-OH is 1. The van der Waals surface area contributed by atoms with E-state index in [-0.39, 0.29) is 12.5 Å². The van der Waals surface area contributed by atoms with E-state index in [4.69, 9.17) is 5.11 Å². The highest BCUT2D eigenvalue weighted by Crippen LogP contribution is 2.30. The number of carbonyl (C=O) groups excluding carboxylic acids is 1. The number of aryl methyl sites for hydroxylation is 1. The molecule has 0 bridgehead atoms. The number of hydrogen-bond donors (Lipinski definition) is 1. The number of fused-ring (bicyclic) bond motifs is 1. The lowest BCUT2D eigenvalue weighted by atomic mass is 10.0. The summed E-state index contributed by atoms with van der Waals surface area (Å²) < 4.78 is 0. The molecule has 1 heterocycles. The normalized spacial score (nSPS) is 14.8. The SMILES string of the molecule is CN(CCO)c1ccc2c(c1)CCC(=O)N2C. The third-order valence-electron chi connectivity index (χ3n) is 3.28. The fraction of sp³-hybridized carbons (Fsp3) is 0.462. The van der Waals surface area contributed by atoms with Gasteiger partial charge in [0.1, 0.15) is 0 Å². The van der Waals surface area contributed by atoms with E-state index in [0.717, 1.165) is 17.8 Å². The second-order valence-corrected chi connectivity index (χ2v) is 4.41. The first kappa shape index (κ1) is 11.9. The maximum Gasteiger partial charge on any atom is 0.227 e. The molecule has 1 aromatic carbocycles. The van der Waals surface area contributed by atoms with Crippen LogP contribution in [0.25, 0.3) is 0 Å². The van der Waals surface area contributed by atoms with Crippen LogP contribution in [0.15, 0.2) is 18.2 Å². The maximum atomic E-state index is 11.6. The van der Waals surface area contributed by atoms with Crippen molar-refractivity contribution in [1.82, 2.24) is 0 Å². The Labute approximate surface area is 101 Å². The third kappa shape index (κ3) is 2.26. The molecule has 1 aliphatic rings. The van der Waals surface area contributed by atoms with Crippen LogP contribution in [0.4, 0.5) is 11.4 Å². The minimum absolute atomic E-state index is 0.145. The van der Waals surface area contributed by atoms with Crippen LogP contribution in [0.3, 0.4) is 0 Å². The summed E-state index contributed by atoms with van der Waals surface area (Å²) in [5.41, 5.74) is 3.29. The molecule has 2 rings (SSSR count). The molecule has 0 saturated heterocycles. The number of carbonyl (C=O) groups is 1. The summed E-state index contributed by atoms with van der Waals surface area (Å²) >= 11 is 0. The molecule has 4 nitrogen and oxygen atoms in total. The predicted molar refractivity (Wildman–Crippen MR) is 68.5 cm³/mol. The number of rotatable bonds is 3. The molecule has 92 valence electrons. The van der Waals surface area contributed by atoms with Gasteiger partial charge in [0.25, 0.3) is 0 Å². The average molecular weight is 234 g/mol. The van der Waals surface area contributed by atoms with Gasteiger partial charge < -0.3 is 14.9 Å². The van der Waals surface area contributed by atoms with Gasteiger partial charge in [0, 0.05) is 38.4 Å². The zero-order valence-electron chi connectivity index (χ0n) is 10.3. The maximum absolute atomic E-state index is 11.6. The zero-order valence-corrected chi connectivity index (χ0v) is 10.3. The summed E-state index contributed by atoms with van der Waals surface area (Å²) in [7, 11) is 3.77. The van der Waals surface area contributed by atoms with Gasteiger partial charge in [-0.2, -0.15) is 0 Å². The molecule has 0 aliphatic carbocycles. The largest absolute Gasteiger partial charge is 0.395 e. The highest BCUT2D eigenvalue weighted by molar-refractivity contribution is 5.96. The number of benzene rings is 1. The van der Waals surface area contributed by atoms with Crippen molar-refractivity contribution in [2.24, 2.45) is 0 Å². The monoisotopic (exact) mass is 234 g/mol. The molecular formula is C13H18N2O2. The lowest BCUT2D eigenvalue weighted by Crippen LogP contribution is -2.31. The molecule has 1 aliphatic heterocycles. The molecule has 0 spiro atoms. The summed E-state index contributed by atoms with van der Waals surface area (Å²) in [6, 6.07) is 6.08. The minimum Gasteiger partial charge on any atom is -0.395 e. The van der Waals surface area contributed by atoms with E-state index in [1.54, 1.807) is 4.90 Å². The lowest BCUT2D eigenvalue weighted by molar-refractivity contribution is -0.118. The smallest absolute Gasteiger partial charge is 0.227 e. The number of anilines is 2. The van der Waals surface area contributed by atoms with E-state index in [0.29, 0.717) is 13.0 Å². The van der Waals surface area contributed by atoms with Gasteiger partial charge in [-0.15, -0.1) is 0 Å². The molecule has 0 aromatic heterocycles. The second kappa shape index (κ2) is 4.75. The van der Waals surface area contributed by atoms with Crippen molar-refractivity contribution in [3.63, 3.8) is 0 Å². The Morgan fingerprint density at radius 1 is 1.41 bits per heavy atom. The second-order valence-electron chi connectivity index (χ2n) is 4.41. The number of nitrogens with zero attached hydrogens (tertiary/aromatic N) is 2. The molecular weight excluding hydrogens is 216 g/mol. The van der Waals surface area contributed by atoms with E-state index in [2.05, 4.69) is 6.07 Å². The van der Waals surface area contributed by atoms with Gasteiger partial charge in [-0.1, -0.05) is 0 Å². The van der Waals surface area contributed by atoms with Crippen LogP contribution in [-0.4, -0.2) is 38.3 Å². The Morgan fingerprint density at radius 3 is 2.88 bits per heavy atom. The number of hydrogen-bond acceptors (Lipinski definition) is 3. The van der Waals surface area contributed by atoms with Crippen molar-refractivity contribution in [3.05, 3.63) is 23.8 Å². The van der Waals surface area contributed by atoms with E-state index >= 15 is 0 Å². The van der Waals surface area contributed by atoms with Crippen LogP contribution in [0.1, 0.15) is 12.0 Å². The predicted octanol–water partition coefficient (Wildman–Crippen LogP) is 1.02. The van der Waals surface area contributed by atoms with Gasteiger partial charge in [0.05, 0.1) is 6.61 Å². The van der Waals surface area contributed by atoms with E-state index in [1.807, 2.05) is 31.1 Å². The van der Waals surface area contributed by atoms with Crippen molar-refractivity contribution < 1.29 is 9.90 Å². The van der Waals surface area contributed by atoms with Crippen molar-refractivity contribution in [2.45, 2.75) is 12.8 Å². The Morgan fingerprint density at radius 2 is 2.18 bits per heavy atom. The van der Waals surface area contributed by atoms with Gasteiger partial charge in [-0.25, -0.2) is 0 Å². The van der Waals surface area contributed by atoms with Gasteiger partial charge in [0.15, 0.2) is 0 Å². The topological polar surface area (TPSA) is 43.8 Å². The van der Waals surface area contributed by atoms with E-state index in [9.17, 15) is 4.79 Å². The number of amides is 1. The molecule has 0 unspecified atom stereocenters. The minimum atomic E-state index is 0.145. The van der Waals surface area contributed by atoms with Gasteiger partial charge >= 0.3 is 0 Å². The Hall–Kier alpha value is -1.55. The summed E-state index contributed by atoms with van der Waals surface area (Å²) in [5, 5.41) is 8.92. The van der Waals surface area contributed by atoms with Crippen molar-refractivity contribution in [2.75, 3.05) is 37.0 Å². The lowest BCUT2D eigenvalue weighted by Gasteiger charge is -2.27. The fourth-order valence-corrected chi connectivity index (χ4v) is 2.16. The van der Waals surface area contributed by atoms with Crippen LogP contribution >= 0.6 is 0 Å². The molecule has 0 fully saturated rings. The van der Waals surface area contributed by atoms with E-state index < -0.39 is 0 Å². The molecule has 1 amide bonds. The van der Waals surface area contributed by atoms with Crippen molar-refractivity contribution in [1.29, 1.82) is 0 Å². The number of aliphatic hydroxyl groups is 1. The first-order chi connectivity index (χ1) is 8.13. The fourth-order valence-electron chi connectivity index (χ4n) is 2.16. The highest BCUT2D eigenvalue weighted by atomic mass is 16.3. The Kier molecular flexibility index (Phi) is 3.33. The molecule has 0 radical (unpaired) electrons. The van der Waals surface area contributed by atoms with Crippen LogP contribution in [-0.2, 0) is 11.2 Å². The molecule has 1 N–H and O–H groups in total. The number of likely N-dealkylation sites (N-methyl/N-ethyl adjacent to an activating group) is 1. The Balaban J connectivity index is 2.29. The molecule has 4 heteroatoms. The average Bonchev–Trinajstić information content (AvgIpc) is 2.34.